The molecule has 0 spiro atoms. The van der Waals surface area contributed by atoms with Crippen molar-refractivity contribution in [2.24, 2.45) is 0 Å². The number of nitrogens with zero attached hydrogens (tertiary/aromatic N) is 1. The Labute approximate surface area is 123 Å². The molecule has 0 aliphatic carbocycles. The van der Waals surface area contributed by atoms with E-state index in [2.05, 4.69) is 5.32 Å². The number of aliphatic hydroxyl groups excluding tert-OH is 1. The molecule has 0 aliphatic heterocycles. The van der Waals surface area contributed by atoms with E-state index in [-0.39, 0.29) is 12.5 Å². The summed E-state index contributed by atoms with van der Waals surface area (Å²) < 4.78 is 0. The number of aryl methyl sites for hydroxylation is 1. The van der Waals surface area contributed by atoms with Crippen LogP contribution in [0.2, 0.25) is 0 Å². The van der Waals surface area contributed by atoms with Gasteiger partial charge < -0.3 is 10.4 Å². The van der Waals surface area contributed by atoms with E-state index >= 15 is 0 Å². The van der Waals surface area contributed by atoms with Gasteiger partial charge in [-0.2, -0.15) is 5.26 Å². The third-order valence-corrected chi connectivity index (χ3v) is 3.17. The molecule has 0 aliphatic rings. The minimum atomic E-state index is -0.756. The lowest BCUT2D eigenvalue weighted by molar-refractivity contribution is 0.0916. The predicted octanol–water partition coefficient (Wildman–Crippen LogP) is 2.33. The maximum absolute atomic E-state index is 12.0. The number of benzene rings is 2. The molecule has 21 heavy (non-hydrogen) atoms. The SMILES string of the molecule is Cc1ccc([C@@H](O)CNC(=O)c2cccc(C#N)c2)cc1. The summed E-state index contributed by atoms with van der Waals surface area (Å²) in [5, 5.41) is 21.5. The molecule has 0 saturated heterocycles. The molecular formula is C17H16N2O2. The van der Waals surface area contributed by atoms with Crippen LogP contribution in [0.15, 0.2) is 48.5 Å². The van der Waals surface area contributed by atoms with Crippen LogP contribution in [0.3, 0.4) is 0 Å². The molecule has 2 aromatic carbocycles. The Hall–Kier alpha value is -2.64. The van der Waals surface area contributed by atoms with Crippen LogP contribution in [0.1, 0.15) is 33.2 Å². The van der Waals surface area contributed by atoms with Gasteiger partial charge >= 0.3 is 0 Å². The van der Waals surface area contributed by atoms with Crippen LogP contribution in [0, 0.1) is 18.3 Å². The number of nitriles is 1. The van der Waals surface area contributed by atoms with Crippen LogP contribution in [0.5, 0.6) is 0 Å². The Morgan fingerprint density at radius 2 is 2.00 bits per heavy atom. The Kier molecular flexibility index (Phi) is 4.70. The second-order valence-corrected chi connectivity index (χ2v) is 4.83. The summed E-state index contributed by atoms with van der Waals surface area (Å²) in [4.78, 5) is 12.0. The number of hydrogen-bond donors (Lipinski definition) is 2. The quantitative estimate of drug-likeness (QED) is 0.902. The number of nitrogens with one attached hydrogen (secondary N) is 1. The van der Waals surface area contributed by atoms with Crippen LogP contribution < -0.4 is 5.32 Å². The lowest BCUT2D eigenvalue weighted by Gasteiger charge is -2.12. The van der Waals surface area contributed by atoms with Crippen molar-refractivity contribution in [3.63, 3.8) is 0 Å². The van der Waals surface area contributed by atoms with Gasteiger partial charge in [-0.05, 0) is 30.7 Å². The van der Waals surface area contributed by atoms with E-state index in [9.17, 15) is 9.90 Å². The Morgan fingerprint density at radius 1 is 1.29 bits per heavy atom. The molecule has 2 aromatic rings. The number of carbonyl (C=O) groups excluding carboxylic acids is 1. The van der Waals surface area contributed by atoms with Crippen LogP contribution in [-0.4, -0.2) is 17.6 Å². The molecule has 1 amide bonds. The van der Waals surface area contributed by atoms with Crippen molar-refractivity contribution in [2.75, 3.05) is 6.54 Å². The van der Waals surface area contributed by atoms with Crippen molar-refractivity contribution in [3.05, 3.63) is 70.8 Å². The summed E-state index contributed by atoms with van der Waals surface area (Å²) in [5.41, 5.74) is 2.71. The summed E-state index contributed by atoms with van der Waals surface area (Å²) in [7, 11) is 0. The normalized spacial score (nSPS) is 11.5. The van der Waals surface area contributed by atoms with Crippen molar-refractivity contribution in [1.29, 1.82) is 5.26 Å². The Balaban J connectivity index is 1.97. The molecular weight excluding hydrogens is 264 g/mol. The van der Waals surface area contributed by atoms with E-state index in [1.54, 1.807) is 18.2 Å². The van der Waals surface area contributed by atoms with E-state index in [0.29, 0.717) is 11.1 Å². The zero-order chi connectivity index (χ0) is 15.2. The predicted molar refractivity (Wildman–Crippen MR) is 79.6 cm³/mol. The van der Waals surface area contributed by atoms with Gasteiger partial charge in [-0.15, -0.1) is 0 Å². The van der Waals surface area contributed by atoms with Crippen LogP contribution in [-0.2, 0) is 0 Å². The van der Waals surface area contributed by atoms with Crippen LogP contribution in [0.25, 0.3) is 0 Å². The lowest BCUT2D eigenvalue weighted by Crippen LogP contribution is -2.28. The van der Waals surface area contributed by atoms with E-state index in [0.717, 1.165) is 11.1 Å². The summed E-state index contributed by atoms with van der Waals surface area (Å²) in [6.07, 6.45) is -0.756. The van der Waals surface area contributed by atoms with Crippen molar-refractivity contribution < 1.29 is 9.90 Å². The first kappa shape index (κ1) is 14.8. The number of hydrogen-bond acceptors (Lipinski definition) is 3. The molecule has 1 atom stereocenters. The number of amides is 1. The van der Waals surface area contributed by atoms with Gasteiger partial charge in [-0.1, -0.05) is 35.9 Å². The highest BCUT2D eigenvalue weighted by Gasteiger charge is 2.11. The topological polar surface area (TPSA) is 73.1 Å². The fourth-order valence-electron chi connectivity index (χ4n) is 1.93. The summed E-state index contributed by atoms with van der Waals surface area (Å²) >= 11 is 0. The fourth-order valence-corrected chi connectivity index (χ4v) is 1.93. The largest absolute Gasteiger partial charge is 0.387 e. The zero-order valence-electron chi connectivity index (χ0n) is 11.7. The molecule has 0 bridgehead atoms. The molecule has 0 fully saturated rings. The van der Waals surface area contributed by atoms with E-state index in [1.807, 2.05) is 37.3 Å². The molecule has 2 rings (SSSR count). The Morgan fingerprint density at radius 3 is 2.67 bits per heavy atom. The van der Waals surface area contributed by atoms with Gasteiger partial charge in [0.2, 0.25) is 0 Å². The highest BCUT2D eigenvalue weighted by atomic mass is 16.3. The first-order valence-corrected chi connectivity index (χ1v) is 6.63. The van der Waals surface area contributed by atoms with Gasteiger partial charge in [0, 0.05) is 12.1 Å². The van der Waals surface area contributed by atoms with Gasteiger partial charge in [0.1, 0.15) is 0 Å². The molecule has 0 saturated carbocycles. The van der Waals surface area contributed by atoms with E-state index in [4.69, 9.17) is 5.26 Å². The smallest absolute Gasteiger partial charge is 0.251 e. The average Bonchev–Trinajstić information content (AvgIpc) is 2.53. The number of aliphatic hydroxyl groups is 1. The van der Waals surface area contributed by atoms with E-state index in [1.165, 1.54) is 6.07 Å². The molecule has 0 radical (unpaired) electrons. The fraction of sp³-hybridized carbons (Fsp3) is 0.176. The molecule has 2 N–H and O–H groups in total. The van der Waals surface area contributed by atoms with Crippen molar-refractivity contribution in [2.45, 2.75) is 13.0 Å². The molecule has 0 unspecified atom stereocenters. The second-order valence-electron chi connectivity index (χ2n) is 4.83. The van der Waals surface area contributed by atoms with Gasteiger partial charge in [-0.25, -0.2) is 0 Å². The standard InChI is InChI=1S/C17H16N2O2/c1-12-5-7-14(8-6-12)16(20)11-19-17(21)15-4-2-3-13(9-15)10-18/h2-9,16,20H,11H2,1H3,(H,19,21)/t16-/m0/s1. The second kappa shape index (κ2) is 6.69. The zero-order valence-corrected chi connectivity index (χ0v) is 11.7. The Bertz CT molecular complexity index is 672. The molecule has 4 nitrogen and oxygen atoms in total. The summed E-state index contributed by atoms with van der Waals surface area (Å²) in [6.45, 7) is 2.10. The summed E-state index contributed by atoms with van der Waals surface area (Å²) in [6, 6.07) is 15.9. The average molecular weight is 280 g/mol. The highest BCUT2D eigenvalue weighted by molar-refractivity contribution is 5.94. The maximum atomic E-state index is 12.0. The van der Waals surface area contributed by atoms with Crippen molar-refractivity contribution in [1.82, 2.24) is 5.32 Å². The minimum Gasteiger partial charge on any atom is -0.387 e. The molecule has 0 aromatic heterocycles. The molecule has 106 valence electrons. The van der Waals surface area contributed by atoms with Crippen LogP contribution >= 0.6 is 0 Å². The van der Waals surface area contributed by atoms with Gasteiger partial charge in [0.05, 0.1) is 17.7 Å². The van der Waals surface area contributed by atoms with Gasteiger partial charge in [0.25, 0.3) is 5.91 Å². The maximum Gasteiger partial charge on any atom is 0.251 e. The highest BCUT2D eigenvalue weighted by Crippen LogP contribution is 2.13. The lowest BCUT2D eigenvalue weighted by atomic mass is 10.1. The minimum absolute atomic E-state index is 0.124. The van der Waals surface area contributed by atoms with Gasteiger partial charge in [-0.3, -0.25) is 4.79 Å². The molecule has 4 heteroatoms. The molecule has 0 heterocycles. The monoisotopic (exact) mass is 280 g/mol. The number of rotatable bonds is 4. The van der Waals surface area contributed by atoms with Crippen molar-refractivity contribution in [3.8, 4) is 6.07 Å². The third kappa shape index (κ3) is 3.91. The van der Waals surface area contributed by atoms with Crippen LogP contribution in [0.4, 0.5) is 0 Å². The first-order chi connectivity index (χ1) is 10.1. The summed E-state index contributed by atoms with van der Waals surface area (Å²) in [5.74, 6) is -0.307. The number of carbonyl (C=O) groups is 1. The third-order valence-electron chi connectivity index (χ3n) is 3.17. The first-order valence-electron chi connectivity index (χ1n) is 6.63. The van der Waals surface area contributed by atoms with Crippen molar-refractivity contribution >= 4 is 5.91 Å². The van der Waals surface area contributed by atoms with Gasteiger partial charge in [0.15, 0.2) is 0 Å². The van der Waals surface area contributed by atoms with E-state index < -0.39 is 6.10 Å².